The smallest absolute Gasteiger partial charge is 0.236 e. The normalized spacial score (nSPS) is 20.1. The Morgan fingerprint density at radius 2 is 1.73 bits per heavy atom. The van der Waals surface area contributed by atoms with Gasteiger partial charge in [-0.15, -0.1) is 0 Å². The van der Waals surface area contributed by atoms with Gasteiger partial charge in [0.05, 0.1) is 20.8 Å². The third-order valence-electron chi connectivity index (χ3n) is 5.64. The van der Waals surface area contributed by atoms with Gasteiger partial charge in [-0.25, -0.2) is 0 Å². The number of carbonyl (C=O) groups is 1. The first-order valence-corrected chi connectivity index (χ1v) is 9.53. The molecule has 2 unspecified atom stereocenters. The first-order chi connectivity index (χ1) is 12.4. The third-order valence-corrected chi connectivity index (χ3v) is 5.64. The van der Waals surface area contributed by atoms with Gasteiger partial charge in [0.15, 0.2) is 11.5 Å². The monoisotopic (exact) mass is 362 g/mol. The summed E-state index contributed by atoms with van der Waals surface area (Å²) in [7, 11) is 7.24. The number of aryl methyl sites for hydroxylation is 1. The summed E-state index contributed by atoms with van der Waals surface area (Å²) >= 11 is 0. The van der Waals surface area contributed by atoms with E-state index in [-0.39, 0.29) is 5.91 Å². The van der Waals surface area contributed by atoms with Gasteiger partial charge in [-0.1, -0.05) is 19.8 Å². The van der Waals surface area contributed by atoms with Crippen LogP contribution in [-0.4, -0.2) is 56.6 Å². The van der Waals surface area contributed by atoms with Gasteiger partial charge in [-0.3, -0.25) is 9.69 Å². The van der Waals surface area contributed by atoms with E-state index in [1.165, 1.54) is 19.3 Å². The van der Waals surface area contributed by atoms with Gasteiger partial charge in [0.2, 0.25) is 5.91 Å². The van der Waals surface area contributed by atoms with Gasteiger partial charge in [0.1, 0.15) is 0 Å². The maximum Gasteiger partial charge on any atom is 0.236 e. The highest BCUT2D eigenvalue weighted by atomic mass is 16.5. The zero-order valence-corrected chi connectivity index (χ0v) is 17.2. The number of nitrogens with zero attached hydrogens (tertiary/aromatic N) is 2. The highest BCUT2D eigenvalue weighted by molar-refractivity contribution is 5.78. The molecule has 0 heterocycles. The standard InChI is InChI=1S/C21H34N2O3/c1-15-9-7-8-10-18(15)23(4)21(24)14-22(3)13-17-12-20(26-6)19(25-5)11-16(17)2/h11-12,15,18H,7-10,13-14H2,1-6H3. The van der Waals surface area contributed by atoms with Crippen molar-refractivity contribution in [2.45, 2.75) is 52.1 Å². The summed E-state index contributed by atoms with van der Waals surface area (Å²) in [5, 5.41) is 0. The second-order valence-corrected chi connectivity index (χ2v) is 7.64. The van der Waals surface area contributed by atoms with Crippen LogP contribution in [0.4, 0.5) is 0 Å². The minimum Gasteiger partial charge on any atom is -0.493 e. The van der Waals surface area contributed by atoms with Crippen molar-refractivity contribution in [1.29, 1.82) is 0 Å². The first kappa shape index (κ1) is 20.6. The fraction of sp³-hybridized carbons (Fsp3) is 0.667. The molecule has 146 valence electrons. The van der Waals surface area contributed by atoms with Crippen molar-refractivity contribution in [3.05, 3.63) is 23.3 Å². The van der Waals surface area contributed by atoms with Gasteiger partial charge >= 0.3 is 0 Å². The lowest BCUT2D eigenvalue weighted by atomic mass is 9.85. The van der Waals surface area contributed by atoms with Crippen LogP contribution >= 0.6 is 0 Å². The quantitative estimate of drug-likeness (QED) is 0.745. The number of hydrogen-bond donors (Lipinski definition) is 0. The maximum atomic E-state index is 12.7. The van der Waals surface area contributed by atoms with E-state index in [0.29, 0.717) is 25.0 Å². The molecule has 1 aliphatic rings. The van der Waals surface area contributed by atoms with Crippen molar-refractivity contribution in [3.63, 3.8) is 0 Å². The predicted octanol–water partition coefficient (Wildman–Crippen LogP) is 3.48. The van der Waals surface area contributed by atoms with E-state index in [1.54, 1.807) is 14.2 Å². The highest BCUT2D eigenvalue weighted by Crippen LogP contribution is 2.31. The molecule has 26 heavy (non-hydrogen) atoms. The van der Waals surface area contributed by atoms with E-state index in [4.69, 9.17) is 9.47 Å². The van der Waals surface area contributed by atoms with Gasteiger partial charge in [-0.2, -0.15) is 0 Å². The van der Waals surface area contributed by atoms with Crippen molar-refractivity contribution in [1.82, 2.24) is 9.80 Å². The summed E-state index contributed by atoms with van der Waals surface area (Å²) in [5.41, 5.74) is 2.28. The Labute approximate surface area is 158 Å². The van der Waals surface area contributed by atoms with Crippen LogP contribution < -0.4 is 9.47 Å². The topological polar surface area (TPSA) is 42.0 Å². The SMILES string of the molecule is COc1cc(C)c(CN(C)CC(=O)N(C)C2CCCCC2C)cc1OC. The van der Waals surface area contributed by atoms with Crippen molar-refractivity contribution >= 4 is 5.91 Å². The van der Waals surface area contributed by atoms with Crippen LogP contribution in [0.3, 0.4) is 0 Å². The molecule has 1 aromatic carbocycles. The largest absolute Gasteiger partial charge is 0.493 e. The van der Waals surface area contributed by atoms with Gasteiger partial charge < -0.3 is 14.4 Å². The summed E-state index contributed by atoms with van der Waals surface area (Å²) in [6, 6.07) is 4.37. The van der Waals surface area contributed by atoms with E-state index in [9.17, 15) is 4.79 Å². The third kappa shape index (κ3) is 4.91. The van der Waals surface area contributed by atoms with Crippen molar-refractivity contribution in [3.8, 4) is 11.5 Å². The van der Waals surface area contributed by atoms with Crippen LogP contribution in [0.25, 0.3) is 0 Å². The van der Waals surface area contributed by atoms with E-state index < -0.39 is 0 Å². The molecule has 2 atom stereocenters. The molecule has 0 saturated heterocycles. The second-order valence-electron chi connectivity index (χ2n) is 7.64. The number of amides is 1. The molecule has 0 spiro atoms. The Balaban J connectivity index is 1.99. The van der Waals surface area contributed by atoms with Gasteiger partial charge in [-0.05, 0) is 56.0 Å². The zero-order chi connectivity index (χ0) is 19.3. The van der Waals surface area contributed by atoms with Crippen LogP contribution in [0.2, 0.25) is 0 Å². The Morgan fingerprint density at radius 1 is 1.12 bits per heavy atom. The average molecular weight is 363 g/mol. The lowest BCUT2D eigenvalue weighted by molar-refractivity contribution is -0.134. The summed E-state index contributed by atoms with van der Waals surface area (Å²) < 4.78 is 10.8. The molecule has 1 amide bonds. The molecule has 5 nitrogen and oxygen atoms in total. The number of carbonyl (C=O) groups excluding carboxylic acids is 1. The lowest BCUT2D eigenvalue weighted by Crippen LogP contribution is -2.46. The fourth-order valence-corrected chi connectivity index (χ4v) is 3.94. The molecule has 0 aliphatic heterocycles. The Hall–Kier alpha value is -1.75. The van der Waals surface area contributed by atoms with E-state index in [1.807, 2.05) is 31.1 Å². The molecule has 0 N–H and O–H groups in total. The summed E-state index contributed by atoms with van der Waals surface area (Å²) in [4.78, 5) is 16.8. The Bertz CT molecular complexity index is 618. The Kier molecular flexibility index (Phi) is 7.33. The number of ether oxygens (including phenoxy) is 2. The number of hydrogen-bond acceptors (Lipinski definition) is 4. The Morgan fingerprint density at radius 3 is 2.35 bits per heavy atom. The van der Waals surface area contributed by atoms with Crippen LogP contribution in [0.1, 0.15) is 43.7 Å². The first-order valence-electron chi connectivity index (χ1n) is 9.53. The molecule has 1 fully saturated rings. The molecule has 1 aromatic rings. The van der Waals surface area contributed by atoms with Crippen LogP contribution in [0, 0.1) is 12.8 Å². The van der Waals surface area contributed by atoms with Crippen LogP contribution in [0.5, 0.6) is 11.5 Å². The minimum absolute atomic E-state index is 0.198. The summed E-state index contributed by atoms with van der Waals surface area (Å²) in [5.74, 6) is 2.25. The summed E-state index contributed by atoms with van der Waals surface area (Å²) in [6.45, 7) is 5.45. The zero-order valence-electron chi connectivity index (χ0n) is 17.2. The highest BCUT2D eigenvalue weighted by Gasteiger charge is 2.28. The fourth-order valence-electron chi connectivity index (χ4n) is 3.94. The molecule has 0 radical (unpaired) electrons. The summed E-state index contributed by atoms with van der Waals surface area (Å²) in [6.07, 6.45) is 4.87. The average Bonchev–Trinajstić information content (AvgIpc) is 2.62. The van der Waals surface area contributed by atoms with E-state index in [2.05, 4.69) is 18.7 Å². The molecular weight excluding hydrogens is 328 g/mol. The van der Waals surface area contributed by atoms with Gasteiger partial charge in [0, 0.05) is 19.6 Å². The van der Waals surface area contributed by atoms with E-state index in [0.717, 1.165) is 29.0 Å². The molecule has 0 bridgehead atoms. The molecule has 1 aliphatic carbocycles. The molecular formula is C21H34N2O3. The van der Waals surface area contributed by atoms with Crippen molar-refractivity contribution < 1.29 is 14.3 Å². The number of likely N-dealkylation sites (N-methyl/N-ethyl adjacent to an activating group) is 2. The molecule has 5 heteroatoms. The van der Waals surface area contributed by atoms with Crippen molar-refractivity contribution in [2.24, 2.45) is 5.92 Å². The molecule has 1 saturated carbocycles. The predicted molar refractivity (Wildman–Crippen MR) is 105 cm³/mol. The number of rotatable bonds is 7. The number of methoxy groups -OCH3 is 2. The van der Waals surface area contributed by atoms with E-state index >= 15 is 0 Å². The molecule has 0 aromatic heterocycles. The van der Waals surface area contributed by atoms with Crippen LogP contribution in [0.15, 0.2) is 12.1 Å². The number of benzene rings is 1. The maximum absolute atomic E-state index is 12.7. The molecule has 2 rings (SSSR count). The van der Waals surface area contributed by atoms with Crippen LogP contribution in [-0.2, 0) is 11.3 Å². The lowest BCUT2D eigenvalue weighted by Gasteiger charge is -2.37. The van der Waals surface area contributed by atoms with Gasteiger partial charge in [0.25, 0.3) is 0 Å². The van der Waals surface area contributed by atoms with Crippen molar-refractivity contribution in [2.75, 3.05) is 34.9 Å². The second kappa shape index (κ2) is 9.26. The minimum atomic E-state index is 0.198.